The van der Waals surface area contributed by atoms with Crippen molar-refractivity contribution < 1.29 is 0 Å². The average molecular weight is 163 g/mol. The largest absolute Gasteiger partial charge is 0.198 e. The summed E-state index contributed by atoms with van der Waals surface area (Å²) in [5, 5.41) is 8.24. The molecule has 0 aromatic carbocycles. The monoisotopic (exact) mass is 163 g/mol. The lowest BCUT2D eigenvalue weighted by molar-refractivity contribution is 0.761. The van der Waals surface area contributed by atoms with Crippen molar-refractivity contribution in [3.05, 3.63) is 24.8 Å². The van der Waals surface area contributed by atoms with Gasteiger partial charge in [-0.25, -0.2) is 0 Å². The number of hydrogen-bond acceptors (Lipinski definition) is 1. The van der Waals surface area contributed by atoms with Gasteiger partial charge in [-0.05, 0) is 32.1 Å². The number of hydrogen-bond donors (Lipinski definition) is 0. The Morgan fingerprint density at radius 2 is 1.75 bits per heavy atom. The number of unbranched alkanes of at least 4 members (excludes halogenated alkanes) is 4. The molecule has 0 bridgehead atoms. The molecule has 0 atom stereocenters. The summed E-state index contributed by atoms with van der Waals surface area (Å²) in [6.07, 6.45) is 12.5. The Morgan fingerprint density at radius 1 is 1.08 bits per heavy atom. The van der Waals surface area contributed by atoms with Gasteiger partial charge >= 0.3 is 0 Å². The molecule has 0 aromatic rings. The van der Waals surface area contributed by atoms with Gasteiger partial charge in [-0.3, -0.25) is 0 Å². The van der Waals surface area contributed by atoms with Crippen LogP contribution in [0.3, 0.4) is 0 Å². The normalized spacial score (nSPS) is 9.92. The lowest BCUT2D eigenvalue weighted by atomic mass is 10.2. The predicted molar refractivity (Wildman–Crippen MR) is 52.7 cm³/mol. The molecule has 0 amide bonds. The summed E-state index contributed by atoms with van der Waals surface area (Å²) >= 11 is 0. The molecule has 0 saturated carbocycles. The van der Waals surface area contributed by atoms with Crippen LogP contribution in [0, 0.1) is 11.3 Å². The third-order valence-electron chi connectivity index (χ3n) is 1.62. The topological polar surface area (TPSA) is 23.8 Å². The summed E-state index contributed by atoms with van der Waals surface area (Å²) in [6.45, 7) is 3.66. The molecule has 0 aromatic heterocycles. The minimum absolute atomic E-state index is 0.642. The first kappa shape index (κ1) is 11.0. The molecule has 0 N–H and O–H groups in total. The highest BCUT2D eigenvalue weighted by Gasteiger charge is 1.82. The van der Waals surface area contributed by atoms with Crippen LogP contribution in [0.2, 0.25) is 0 Å². The van der Waals surface area contributed by atoms with Crippen LogP contribution < -0.4 is 0 Å². The van der Waals surface area contributed by atoms with Crippen molar-refractivity contribution in [2.24, 2.45) is 0 Å². The third-order valence-corrected chi connectivity index (χ3v) is 1.62. The van der Waals surface area contributed by atoms with E-state index in [1.165, 1.54) is 12.8 Å². The fourth-order valence-electron chi connectivity index (χ4n) is 0.934. The molecule has 0 aliphatic rings. The van der Waals surface area contributed by atoms with Crippen LogP contribution in [-0.2, 0) is 0 Å². The minimum atomic E-state index is 0.642. The first-order valence-electron chi connectivity index (χ1n) is 4.54. The van der Waals surface area contributed by atoms with Crippen LogP contribution in [0.25, 0.3) is 0 Å². The number of allylic oxidation sites excluding steroid dienone is 3. The lowest BCUT2D eigenvalue weighted by Crippen LogP contribution is -1.72. The van der Waals surface area contributed by atoms with Crippen molar-refractivity contribution in [3.8, 4) is 6.07 Å². The van der Waals surface area contributed by atoms with Gasteiger partial charge in [0.1, 0.15) is 0 Å². The van der Waals surface area contributed by atoms with Crippen LogP contribution in [0.15, 0.2) is 24.8 Å². The molecular formula is C11H17N. The zero-order valence-electron chi connectivity index (χ0n) is 7.63. The molecule has 0 radical (unpaired) electrons. The molecule has 66 valence electrons. The highest BCUT2D eigenvalue weighted by atomic mass is 14.2. The standard InChI is InChI=1S/C11H17N/c1-2-3-4-5-6-7-8-9-10-11-12/h2,7-8H,1,3-6,9-10H2/b8-7+. The van der Waals surface area contributed by atoms with Gasteiger partial charge in [-0.1, -0.05) is 18.2 Å². The Hall–Kier alpha value is -1.03. The summed E-state index contributed by atoms with van der Waals surface area (Å²) in [7, 11) is 0. The molecule has 0 unspecified atom stereocenters. The second kappa shape index (κ2) is 9.97. The predicted octanol–water partition coefficient (Wildman–Crippen LogP) is 3.59. The second-order valence-electron chi connectivity index (χ2n) is 2.74. The number of nitrogens with zero attached hydrogens (tertiary/aromatic N) is 1. The minimum Gasteiger partial charge on any atom is -0.198 e. The highest BCUT2D eigenvalue weighted by molar-refractivity contribution is 4.85. The Kier molecular flexibility index (Phi) is 9.11. The molecule has 0 aliphatic carbocycles. The van der Waals surface area contributed by atoms with Gasteiger partial charge in [-0.2, -0.15) is 5.26 Å². The van der Waals surface area contributed by atoms with E-state index in [-0.39, 0.29) is 0 Å². The SMILES string of the molecule is C=CCCCC/C=C/CCC#N. The molecular weight excluding hydrogens is 146 g/mol. The van der Waals surface area contributed by atoms with E-state index < -0.39 is 0 Å². The summed E-state index contributed by atoms with van der Waals surface area (Å²) < 4.78 is 0. The van der Waals surface area contributed by atoms with Crippen molar-refractivity contribution in [2.45, 2.75) is 38.5 Å². The lowest BCUT2D eigenvalue weighted by Gasteiger charge is -1.91. The van der Waals surface area contributed by atoms with Crippen LogP contribution in [0.5, 0.6) is 0 Å². The van der Waals surface area contributed by atoms with E-state index in [0.29, 0.717) is 6.42 Å². The van der Waals surface area contributed by atoms with Crippen molar-refractivity contribution in [3.63, 3.8) is 0 Å². The fraction of sp³-hybridized carbons (Fsp3) is 0.545. The van der Waals surface area contributed by atoms with Gasteiger partial charge in [0.15, 0.2) is 0 Å². The van der Waals surface area contributed by atoms with Crippen LogP contribution in [-0.4, -0.2) is 0 Å². The maximum atomic E-state index is 8.24. The molecule has 0 saturated heterocycles. The van der Waals surface area contributed by atoms with Crippen molar-refractivity contribution in [2.75, 3.05) is 0 Å². The summed E-state index contributed by atoms with van der Waals surface area (Å²) in [6, 6.07) is 2.11. The van der Waals surface area contributed by atoms with Crippen LogP contribution in [0.4, 0.5) is 0 Å². The van der Waals surface area contributed by atoms with Crippen LogP contribution >= 0.6 is 0 Å². The van der Waals surface area contributed by atoms with E-state index in [4.69, 9.17) is 5.26 Å². The van der Waals surface area contributed by atoms with E-state index >= 15 is 0 Å². The third kappa shape index (κ3) is 8.97. The van der Waals surface area contributed by atoms with Gasteiger partial charge in [0, 0.05) is 6.42 Å². The first-order valence-corrected chi connectivity index (χ1v) is 4.54. The molecule has 0 fully saturated rings. The maximum absolute atomic E-state index is 8.24. The number of rotatable bonds is 7. The smallest absolute Gasteiger partial charge is 0.0624 e. The van der Waals surface area contributed by atoms with E-state index in [9.17, 15) is 0 Å². The molecule has 1 nitrogen and oxygen atoms in total. The molecule has 0 spiro atoms. The summed E-state index contributed by atoms with van der Waals surface area (Å²) in [5.74, 6) is 0. The summed E-state index contributed by atoms with van der Waals surface area (Å²) in [4.78, 5) is 0. The van der Waals surface area contributed by atoms with Crippen molar-refractivity contribution >= 4 is 0 Å². The Bertz CT molecular complexity index is 162. The van der Waals surface area contributed by atoms with Gasteiger partial charge < -0.3 is 0 Å². The van der Waals surface area contributed by atoms with Crippen LogP contribution in [0.1, 0.15) is 38.5 Å². The van der Waals surface area contributed by atoms with E-state index in [1.807, 2.05) is 6.08 Å². The van der Waals surface area contributed by atoms with Gasteiger partial charge in [0.25, 0.3) is 0 Å². The Balaban J connectivity index is 3.03. The van der Waals surface area contributed by atoms with Crippen molar-refractivity contribution in [1.29, 1.82) is 5.26 Å². The van der Waals surface area contributed by atoms with Gasteiger partial charge in [-0.15, -0.1) is 6.58 Å². The molecule has 0 rings (SSSR count). The Morgan fingerprint density at radius 3 is 2.42 bits per heavy atom. The zero-order chi connectivity index (χ0) is 9.07. The summed E-state index contributed by atoms with van der Waals surface area (Å²) in [5.41, 5.74) is 0. The van der Waals surface area contributed by atoms with Gasteiger partial charge in [0.05, 0.1) is 6.07 Å². The van der Waals surface area contributed by atoms with Gasteiger partial charge in [0.2, 0.25) is 0 Å². The Labute approximate surface area is 75.4 Å². The van der Waals surface area contributed by atoms with Crippen molar-refractivity contribution in [1.82, 2.24) is 0 Å². The molecule has 12 heavy (non-hydrogen) atoms. The number of nitriles is 1. The average Bonchev–Trinajstić information content (AvgIpc) is 2.10. The van der Waals surface area contributed by atoms with E-state index in [1.54, 1.807) is 0 Å². The molecule has 0 aliphatic heterocycles. The molecule has 1 heteroatoms. The fourth-order valence-corrected chi connectivity index (χ4v) is 0.934. The second-order valence-corrected chi connectivity index (χ2v) is 2.74. The zero-order valence-corrected chi connectivity index (χ0v) is 7.63. The quantitative estimate of drug-likeness (QED) is 0.415. The maximum Gasteiger partial charge on any atom is 0.0624 e. The first-order chi connectivity index (χ1) is 5.91. The van der Waals surface area contributed by atoms with E-state index in [0.717, 1.165) is 19.3 Å². The van der Waals surface area contributed by atoms with E-state index in [2.05, 4.69) is 24.8 Å². The molecule has 0 heterocycles. The highest BCUT2D eigenvalue weighted by Crippen LogP contribution is 2.01.